The first-order valence-corrected chi connectivity index (χ1v) is 6.40. The fourth-order valence-electron chi connectivity index (χ4n) is 2.07. The van der Waals surface area contributed by atoms with Gasteiger partial charge in [0.1, 0.15) is 0 Å². The van der Waals surface area contributed by atoms with Crippen LogP contribution in [0.4, 0.5) is 10.7 Å². The lowest BCUT2D eigenvalue weighted by Gasteiger charge is -2.22. The molecule has 1 fully saturated rings. The van der Waals surface area contributed by atoms with E-state index >= 15 is 0 Å². The van der Waals surface area contributed by atoms with Crippen molar-refractivity contribution in [2.75, 3.05) is 11.9 Å². The molecule has 7 nitrogen and oxygen atoms in total. The van der Waals surface area contributed by atoms with E-state index in [-0.39, 0.29) is 18.1 Å². The number of nitrogens with zero attached hydrogens (tertiary/aromatic N) is 2. The highest BCUT2D eigenvalue weighted by molar-refractivity contribution is 5.87. The molecule has 1 aliphatic rings. The van der Waals surface area contributed by atoms with Gasteiger partial charge in [0.05, 0.1) is 6.61 Å². The zero-order chi connectivity index (χ0) is 12.8. The van der Waals surface area contributed by atoms with Crippen LogP contribution < -0.4 is 15.4 Å². The number of nitrogens with one attached hydrogen (secondary N) is 3. The highest BCUT2D eigenvalue weighted by Gasteiger charge is 2.16. The maximum Gasteiger partial charge on any atom is 0.337 e. The van der Waals surface area contributed by atoms with Crippen LogP contribution in [0, 0.1) is 0 Å². The SMILES string of the molecule is CCOc1n[nH]c(NC(=O)NC2CCCCC2)n1. The minimum Gasteiger partial charge on any atom is -0.463 e. The molecule has 1 heterocycles. The minimum absolute atomic E-state index is 0.241. The van der Waals surface area contributed by atoms with Crippen molar-refractivity contribution in [3.8, 4) is 6.01 Å². The van der Waals surface area contributed by atoms with Crippen LogP contribution in [-0.4, -0.2) is 33.9 Å². The Morgan fingerprint density at radius 3 is 2.94 bits per heavy atom. The predicted octanol–water partition coefficient (Wildman–Crippen LogP) is 1.66. The number of ether oxygens (including phenoxy) is 1. The summed E-state index contributed by atoms with van der Waals surface area (Å²) in [6.07, 6.45) is 5.73. The normalized spacial score (nSPS) is 16.3. The summed E-state index contributed by atoms with van der Waals surface area (Å²) < 4.78 is 5.09. The van der Waals surface area contributed by atoms with Gasteiger partial charge in [0.2, 0.25) is 5.95 Å². The molecular formula is C11H19N5O2. The minimum atomic E-state index is -0.249. The molecule has 0 aliphatic heterocycles. The van der Waals surface area contributed by atoms with Crippen molar-refractivity contribution in [3.05, 3.63) is 0 Å². The van der Waals surface area contributed by atoms with E-state index in [1.807, 2.05) is 6.92 Å². The molecule has 1 saturated carbocycles. The zero-order valence-corrected chi connectivity index (χ0v) is 10.5. The number of carbonyl (C=O) groups is 1. The number of rotatable bonds is 4. The second-order valence-corrected chi connectivity index (χ2v) is 4.33. The summed E-state index contributed by atoms with van der Waals surface area (Å²) in [6.45, 7) is 2.34. The smallest absolute Gasteiger partial charge is 0.337 e. The van der Waals surface area contributed by atoms with Gasteiger partial charge in [-0.2, -0.15) is 4.98 Å². The topological polar surface area (TPSA) is 91.9 Å². The lowest BCUT2D eigenvalue weighted by molar-refractivity contribution is 0.244. The highest BCUT2D eigenvalue weighted by Crippen LogP contribution is 2.17. The number of urea groups is 1. The lowest BCUT2D eigenvalue weighted by atomic mass is 9.96. The van der Waals surface area contributed by atoms with Gasteiger partial charge in [-0.05, 0) is 19.8 Å². The van der Waals surface area contributed by atoms with Crippen molar-refractivity contribution < 1.29 is 9.53 Å². The maximum atomic E-state index is 11.7. The Kier molecular flexibility index (Phi) is 4.38. The molecule has 3 N–H and O–H groups in total. The maximum absolute atomic E-state index is 11.7. The molecule has 0 atom stereocenters. The van der Waals surface area contributed by atoms with E-state index in [4.69, 9.17) is 4.74 Å². The average Bonchev–Trinajstić information content (AvgIpc) is 2.78. The van der Waals surface area contributed by atoms with Crippen LogP contribution in [-0.2, 0) is 0 Å². The van der Waals surface area contributed by atoms with Crippen LogP contribution >= 0.6 is 0 Å². The molecule has 2 rings (SSSR count). The van der Waals surface area contributed by atoms with Crippen LogP contribution in [0.5, 0.6) is 6.01 Å². The number of anilines is 1. The van der Waals surface area contributed by atoms with Crippen LogP contribution in [0.3, 0.4) is 0 Å². The number of aromatic amines is 1. The van der Waals surface area contributed by atoms with Gasteiger partial charge in [-0.15, -0.1) is 5.10 Å². The summed E-state index contributed by atoms with van der Waals surface area (Å²) in [4.78, 5) is 15.7. The third-order valence-corrected chi connectivity index (χ3v) is 2.91. The number of amides is 2. The van der Waals surface area contributed by atoms with Crippen LogP contribution in [0.1, 0.15) is 39.0 Å². The number of aromatic nitrogens is 3. The van der Waals surface area contributed by atoms with E-state index in [1.54, 1.807) is 0 Å². The Balaban J connectivity index is 1.78. The van der Waals surface area contributed by atoms with Crippen molar-refractivity contribution in [2.45, 2.75) is 45.1 Å². The van der Waals surface area contributed by atoms with Gasteiger partial charge in [-0.1, -0.05) is 19.3 Å². The molecule has 1 aromatic heterocycles. The number of H-pyrrole nitrogens is 1. The second kappa shape index (κ2) is 6.23. The molecule has 2 amide bonds. The quantitative estimate of drug-likeness (QED) is 0.761. The molecule has 1 aliphatic carbocycles. The molecule has 0 unspecified atom stereocenters. The molecule has 0 radical (unpaired) electrons. The van der Waals surface area contributed by atoms with E-state index < -0.39 is 0 Å². The molecule has 18 heavy (non-hydrogen) atoms. The van der Waals surface area contributed by atoms with Crippen molar-refractivity contribution in [1.29, 1.82) is 0 Å². The van der Waals surface area contributed by atoms with E-state index in [0.717, 1.165) is 12.8 Å². The standard InChI is InChI=1S/C11H19N5O2/c1-2-18-11-14-9(15-16-11)13-10(17)12-8-6-4-3-5-7-8/h8H,2-7H2,1H3,(H3,12,13,14,15,16,17). The van der Waals surface area contributed by atoms with Crippen molar-refractivity contribution in [3.63, 3.8) is 0 Å². The van der Waals surface area contributed by atoms with Crippen molar-refractivity contribution in [2.24, 2.45) is 0 Å². The monoisotopic (exact) mass is 253 g/mol. The van der Waals surface area contributed by atoms with Gasteiger partial charge in [-0.3, -0.25) is 5.32 Å². The van der Waals surface area contributed by atoms with Gasteiger partial charge in [0, 0.05) is 6.04 Å². The molecular weight excluding hydrogens is 234 g/mol. The third-order valence-electron chi connectivity index (χ3n) is 2.91. The van der Waals surface area contributed by atoms with Crippen LogP contribution in [0.2, 0.25) is 0 Å². The van der Waals surface area contributed by atoms with Gasteiger partial charge in [0.25, 0.3) is 0 Å². The summed E-state index contributed by atoms with van der Waals surface area (Å²) in [5.74, 6) is 0.298. The van der Waals surface area contributed by atoms with Gasteiger partial charge < -0.3 is 10.1 Å². The molecule has 0 spiro atoms. The molecule has 1 aromatic rings. The van der Waals surface area contributed by atoms with E-state index in [9.17, 15) is 4.79 Å². The summed E-state index contributed by atoms with van der Waals surface area (Å²) in [5, 5.41) is 11.9. The third kappa shape index (κ3) is 3.61. The number of hydrogen-bond acceptors (Lipinski definition) is 4. The van der Waals surface area contributed by atoms with E-state index in [2.05, 4.69) is 25.8 Å². The van der Waals surface area contributed by atoms with Crippen LogP contribution in [0.25, 0.3) is 0 Å². The fourth-order valence-corrected chi connectivity index (χ4v) is 2.07. The molecule has 100 valence electrons. The number of hydrogen-bond donors (Lipinski definition) is 3. The first-order chi connectivity index (χ1) is 8.78. The molecule has 0 aromatic carbocycles. The Morgan fingerprint density at radius 1 is 1.44 bits per heavy atom. The summed E-state index contributed by atoms with van der Waals surface area (Å²) in [5.41, 5.74) is 0. The fraction of sp³-hybridized carbons (Fsp3) is 0.727. The highest BCUT2D eigenvalue weighted by atomic mass is 16.5. The Morgan fingerprint density at radius 2 is 2.22 bits per heavy atom. The average molecular weight is 253 g/mol. The van der Waals surface area contributed by atoms with Crippen molar-refractivity contribution in [1.82, 2.24) is 20.5 Å². The Hall–Kier alpha value is -1.79. The Bertz CT molecular complexity index is 387. The van der Waals surface area contributed by atoms with Crippen LogP contribution in [0.15, 0.2) is 0 Å². The molecule has 7 heteroatoms. The first kappa shape index (κ1) is 12.7. The summed E-state index contributed by atoms with van der Waals surface area (Å²) in [7, 11) is 0. The Labute approximate surface area is 106 Å². The predicted molar refractivity (Wildman–Crippen MR) is 66.6 cm³/mol. The van der Waals surface area contributed by atoms with E-state index in [0.29, 0.717) is 12.6 Å². The largest absolute Gasteiger partial charge is 0.463 e. The van der Waals surface area contributed by atoms with Gasteiger partial charge >= 0.3 is 12.0 Å². The first-order valence-electron chi connectivity index (χ1n) is 6.40. The van der Waals surface area contributed by atoms with E-state index in [1.165, 1.54) is 19.3 Å². The summed E-state index contributed by atoms with van der Waals surface area (Å²) >= 11 is 0. The summed E-state index contributed by atoms with van der Waals surface area (Å²) in [6, 6.07) is 0.264. The zero-order valence-electron chi connectivity index (χ0n) is 10.5. The molecule has 0 bridgehead atoms. The van der Waals surface area contributed by atoms with Crippen molar-refractivity contribution >= 4 is 12.0 Å². The van der Waals surface area contributed by atoms with Gasteiger partial charge in [-0.25, -0.2) is 9.89 Å². The van der Waals surface area contributed by atoms with Gasteiger partial charge in [0.15, 0.2) is 0 Å². The molecule has 0 saturated heterocycles. The number of carbonyl (C=O) groups excluding carboxylic acids is 1. The lowest BCUT2D eigenvalue weighted by Crippen LogP contribution is -2.39. The second-order valence-electron chi connectivity index (χ2n) is 4.33.